The molecule has 15 heavy (non-hydrogen) atoms. The van der Waals surface area contributed by atoms with E-state index in [1.807, 2.05) is 35.6 Å². The SMILES string of the molecule is Cc1cn(Cc2cnn(C)c2C)c(=S)[nH]1. The standard InChI is InChI=1S/C10H14N4S/c1-7-5-14(10(15)12-7)6-9-4-11-13(3)8(9)2/h4-5H,6H2,1-3H3,(H,12,15). The number of hydrogen-bond acceptors (Lipinski definition) is 2. The van der Waals surface area contributed by atoms with Gasteiger partial charge in [-0.05, 0) is 26.1 Å². The number of hydrogen-bond donors (Lipinski definition) is 1. The van der Waals surface area contributed by atoms with Gasteiger partial charge in [0.1, 0.15) is 0 Å². The van der Waals surface area contributed by atoms with E-state index in [2.05, 4.69) is 17.0 Å². The van der Waals surface area contributed by atoms with Crippen molar-refractivity contribution in [3.8, 4) is 0 Å². The molecule has 0 saturated carbocycles. The van der Waals surface area contributed by atoms with Gasteiger partial charge in [-0.3, -0.25) is 4.68 Å². The Morgan fingerprint density at radius 1 is 1.47 bits per heavy atom. The Bertz CT molecular complexity index is 532. The van der Waals surface area contributed by atoms with Gasteiger partial charge in [-0.15, -0.1) is 0 Å². The van der Waals surface area contributed by atoms with Gasteiger partial charge >= 0.3 is 0 Å². The number of aromatic amines is 1. The Morgan fingerprint density at radius 2 is 2.20 bits per heavy atom. The lowest BCUT2D eigenvalue weighted by Gasteiger charge is -2.01. The molecular weight excluding hydrogens is 208 g/mol. The van der Waals surface area contributed by atoms with Crippen LogP contribution in [-0.4, -0.2) is 19.3 Å². The summed E-state index contributed by atoms with van der Waals surface area (Å²) in [5, 5.41) is 4.21. The fourth-order valence-electron chi connectivity index (χ4n) is 1.57. The Kier molecular flexibility index (Phi) is 2.48. The van der Waals surface area contributed by atoms with Crippen molar-refractivity contribution in [2.24, 2.45) is 7.05 Å². The first kappa shape index (κ1) is 10.2. The normalized spacial score (nSPS) is 10.9. The summed E-state index contributed by atoms with van der Waals surface area (Å²) in [5.74, 6) is 0. The average Bonchev–Trinajstić information content (AvgIpc) is 2.64. The second kappa shape index (κ2) is 3.66. The van der Waals surface area contributed by atoms with Crippen LogP contribution in [0.25, 0.3) is 0 Å². The Morgan fingerprint density at radius 3 is 2.67 bits per heavy atom. The third-order valence-corrected chi connectivity index (χ3v) is 2.93. The highest BCUT2D eigenvalue weighted by Crippen LogP contribution is 2.09. The van der Waals surface area contributed by atoms with Crippen molar-refractivity contribution in [3.63, 3.8) is 0 Å². The van der Waals surface area contributed by atoms with E-state index >= 15 is 0 Å². The molecule has 0 atom stereocenters. The van der Waals surface area contributed by atoms with E-state index in [9.17, 15) is 0 Å². The molecule has 0 aliphatic heterocycles. The van der Waals surface area contributed by atoms with Gasteiger partial charge in [0, 0.05) is 30.2 Å². The molecule has 0 bridgehead atoms. The third-order valence-electron chi connectivity index (χ3n) is 2.59. The quantitative estimate of drug-likeness (QED) is 0.789. The number of nitrogens with one attached hydrogen (secondary N) is 1. The van der Waals surface area contributed by atoms with Crippen LogP contribution in [0.3, 0.4) is 0 Å². The van der Waals surface area contributed by atoms with Crippen LogP contribution in [0.1, 0.15) is 17.0 Å². The summed E-state index contributed by atoms with van der Waals surface area (Å²) in [6.45, 7) is 4.84. The highest BCUT2D eigenvalue weighted by atomic mass is 32.1. The highest BCUT2D eigenvalue weighted by Gasteiger charge is 2.05. The highest BCUT2D eigenvalue weighted by molar-refractivity contribution is 7.71. The topological polar surface area (TPSA) is 38.5 Å². The van der Waals surface area contributed by atoms with Gasteiger partial charge in [0.05, 0.1) is 12.7 Å². The second-order valence-electron chi connectivity index (χ2n) is 3.75. The molecule has 0 fully saturated rings. The molecule has 0 aliphatic carbocycles. The predicted molar refractivity (Wildman–Crippen MR) is 61.4 cm³/mol. The van der Waals surface area contributed by atoms with Crippen molar-refractivity contribution in [2.45, 2.75) is 20.4 Å². The van der Waals surface area contributed by atoms with Crippen molar-refractivity contribution < 1.29 is 0 Å². The molecule has 2 heterocycles. The molecule has 2 rings (SSSR count). The summed E-state index contributed by atoms with van der Waals surface area (Å²) >= 11 is 5.20. The zero-order valence-corrected chi connectivity index (χ0v) is 9.93. The first-order valence-electron chi connectivity index (χ1n) is 4.81. The molecule has 0 radical (unpaired) electrons. The van der Waals surface area contributed by atoms with Gasteiger partial charge in [-0.25, -0.2) is 0 Å². The van der Waals surface area contributed by atoms with E-state index in [1.54, 1.807) is 0 Å². The molecule has 0 aromatic carbocycles. The van der Waals surface area contributed by atoms with Gasteiger partial charge in [0.2, 0.25) is 0 Å². The van der Waals surface area contributed by atoms with Crippen LogP contribution in [0.5, 0.6) is 0 Å². The number of H-pyrrole nitrogens is 1. The van der Waals surface area contributed by atoms with Crippen molar-refractivity contribution in [2.75, 3.05) is 0 Å². The van der Waals surface area contributed by atoms with Crippen LogP contribution < -0.4 is 0 Å². The number of imidazole rings is 1. The third kappa shape index (κ3) is 1.87. The lowest BCUT2D eigenvalue weighted by atomic mass is 10.2. The Labute approximate surface area is 93.6 Å². The van der Waals surface area contributed by atoms with Crippen LogP contribution in [0.2, 0.25) is 0 Å². The van der Waals surface area contributed by atoms with E-state index in [0.29, 0.717) is 0 Å². The van der Waals surface area contributed by atoms with E-state index in [0.717, 1.165) is 17.0 Å². The Hall–Kier alpha value is -1.36. The van der Waals surface area contributed by atoms with Crippen molar-refractivity contribution in [1.82, 2.24) is 19.3 Å². The molecule has 0 saturated heterocycles. The molecule has 2 aromatic heterocycles. The Balaban J connectivity index is 2.33. The summed E-state index contributed by atoms with van der Waals surface area (Å²) in [5.41, 5.74) is 3.46. The number of aryl methyl sites for hydroxylation is 2. The summed E-state index contributed by atoms with van der Waals surface area (Å²) in [6, 6.07) is 0. The van der Waals surface area contributed by atoms with E-state index < -0.39 is 0 Å². The van der Waals surface area contributed by atoms with Crippen molar-refractivity contribution in [1.29, 1.82) is 0 Å². The zero-order valence-electron chi connectivity index (χ0n) is 9.11. The molecule has 1 N–H and O–H groups in total. The fraction of sp³-hybridized carbons (Fsp3) is 0.400. The van der Waals surface area contributed by atoms with Gasteiger partial charge in [-0.2, -0.15) is 5.10 Å². The molecule has 2 aromatic rings. The summed E-state index contributed by atoms with van der Waals surface area (Å²) in [7, 11) is 1.94. The van der Waals surface area contributed by atoms with Gasteiger partial charge < -0.3 is 9.55 Å². The van der Waals surface area contributed by atoms with E-state index in [1.165, 1.54) is 11.3 Å². The van der Waals surface area contributed by atoms with Crippen molar-refractivity contribution in [3.05, 3.63) is 34.1 Å². The molecule has 80 valence electrons. The van der Waals surface area contributed by atoms with Gasteiger partial charge in [0.15, 0.2) is 4.77 Å². The molecule has 0 unspecified atom stereocenters. The monoisotopic (exact) mass is 222 g/mol. The summed E-state index contributed by atoms with van der Waals surface area (Å²) < 4.78 is 4.66. The fourth-order valence-corrected chi connectivity index (χ4v) is 1.84. The second-order valence-corrected chi connectivity index (χ2v) is 4.14. The molecular formula is C10H14N4S. The lowest BCUT2D eigenvalue weighted by molar-refractivity contribution is 0.729. The van der Waals surface area contributed by atoms with E-state index in [-0.39, 0.29) is 0 Å². The van der Waals surface area contributed by atoms with Crippen molar-refractivity contribution >= 4 is 12.2 Å². The first-order chi connectivity index (χ1) is 7.08. The van der Waals surface area contributed by atoms with Crippen LogP contribution in [0.4, 0.5) is 0 Å². The first-order valence-corrected chi connectivity index (χ1v) is 5.22. The molecule has 0 amide bonds. The molecule has 0 aliphatic rings. The largest absolute Gasteiger partial charge is 0.335 e. The maximum Gasteiger partial charge on any atom is 0.177 e. The number of rotatable bonds is 2. The number of nitrogens with zero attached hydrogens (tertiary/aromatic N) is 3. The van der Waals surface area contributed by atoms with Gasteiger partial charge in [-0.1, -0.05) is 0 Å². The summed E-state index contributed by atoms with van der Waals surface area (Å²) in [4.78, 5) is 3.10. The van der Waals surface area contributed by atoms with Gasteiger partial charge in [0.25, 0.3) is 0 Å². The minimum absolute atomic E-state index is 0.760. The predicted octanol–water partition coefficient (Wildman–Crippen LogP) is 1.94. The maximum atomic E-state index is 5.20. The average molecular weight is 222 g/mol. The minimum Gasteiger partial charge on any atom is -0.335 e. The van der Waals surface area contributed by atoms with Crippen LogP contribution >= 0.6 is 12.2 Å². The smallest absolute Gasteiger partial charge is 0.177 e. The summed E-state index contributed by atoms with van der Waals surface area (Å²) in [6.07, 6.45) is 3.91. The van der Waals surface area contributed by atoms with Crippen LogP contribution in [0, 0.1) is 18.6 Å². The number of aromatic nitrogens is 4. The van der Waals surface area contributed by atoms with Crippen LogP contribution in [0.15, 0.2) is 12.4 Å². The lowest BCUT2D eigenvalue weighted by Crippen LogP contribution is -2.00. The minimum atomic E-state index is 0.760. The molecule has 0 spiro atoms. The van der Waals surface area contributed by atoms with Crippen LogP contribution in [-0.2, 0) is 13.6 Å². The zero-order chi connectivity index (χ0) is 11.0. The maximum absolute atomic E-state index is 5.20. The molecule has 5 heteroatoms. The molecule has 4 nitrogen and oxygen atoms in total. The van der Waals surface area contributed by atoms with E-state index in [4.69, 9.17) is 12.2 Å².